The summed E-state index contributed by atoms with van der Waals surface area (Å²) in [6.45, 7) is 4.81. The third kappa shape index (κ3) is 4.22. The van der Waals surface area contributed by atoms with Gasteiger partial charge in [-0.3, -0.25) is 4.90 Å². The van der Waals surface area contributed by atoms with E-state index in [4.69, 9.17) is 4.74 Å². The quantitative estimate of drug-likeness (QED) is 0.663. The van der Waals surface area contributed by atoms with Gasteiger partial charge in [-0.1, -0.05) is 29.4 Å². The molecule has 140 valence electrons. The van der Waals surface area contributed by atoms with Gasteiger partial charge in [-0.2, -0.15) is 4.68 Å². The first-order chi connectivity index (χ1) is 13.3. The van der Waals surface area contributed by atoms with E-state index >= 15 is 0 Å². The van der Waals surface area contributed by atoms with E-state index < -0.39 is 0 Å². The first-order valence-electron chi connectivity index (χ1n) is 8.99. The summed E-state index contributed by atoms with van der Waals surface area (Å²) in [6, 6.07) is 16.1. The summed E-state index contributed by atoms with van der Waals surface area (Å²) in [5.74, 6) is 1.05. The molecule has 27 heavy (non-hydrogen) atoms. The fraction of sp³-hybridized carbons (Fsp3) is 0.316. The topological polar surface area (TPSA) is 59.3 Å². The van der Waals surface area contributed by atoms with Crippen LogP contribution in [0.15, 0.2) is 54.6 Å². The number of aromatic nitrogens is 4. The van der Waals surface area contributed by atoms with Crippen molar-refractivity contribution in [2.45, 2.75) is 0 Å². The second-order valence-corrected chi connectivity index (χ2v) is 6.36. The van der Waals surface area contributed by atoms with Crippen molar-refractivity contribution >= 4 is 5.95 Å². The minimum absolute atomic E-state index is 0.280. The van der Waals surface area contributed by atoms with Crippen molar-refractivity contribution in [3.05, 3.63) is 60.4 Å². The van der Waals surface area contributed by atoms with Gasteiger partial charge >= 0.3 is 0 Å². The lowest BCUT2D eigenvalue weighted by Crippen LogP contribution is -2.48. The number of benzene rings is 2. The van der Waals surface area contributed by atoms with E-state index in [2.05, 4.69) is 25.3 Å². The molecule has 1 fully saturated rings. The fourth-order valence-corrected chi connectivity index (χ4v) is 3.14. The van der Waals surface area contributed by atoms with Crippen LogP contribution in [0.5, 0.6) is 5.75 Å². The summed E-state index contributed by atoms with van der Waals surface area (Å²) < 4.78 is 20.6. The van der Waals surface area contributed by atoms with Crippen LogP contribution in [0.1, 0.15) is 0 Å². The highest BCUT2D eigenvalue weighted by atomic mass is 19.1. The van der Waals surface area contributed by atoms with Crippen molar-refractivity contribution in [3.63, 3.8) is 0 Å². The number of para-hydroxylation sites is 1. The van der Waals surface area contributed by atoms with Gasteiger partial charge in [0.15, 0.2) is 0 Å². The molecule has 4 rings (SSSR count). The van der Waals surface area contributed by atoms with E-state index in [-0.39, 0.29) is 5.82 Å². The highest BCUT2D eigenvalue weighted by Gasteiger charge is 2.22. The molecule has 0 aliphatic carbocycles. The summed E-state index contributed by atoms with van der Waals surface area (Å²) in [7, 11) is 0. The van der Waals surface area contributed by atoms with Crippen molar-refractivity contribution < 1.29 is 9.13 Å². The fourth-order valence-electron chi connectivity index (χ4n) is 3.14. The Kier molecular flexibility index (Phi) is 5.24. The molecule has 1 aromatic heterocycles. The lowest BCUT2D eigenvalue weighted by atomic mass is 10.3. The average molecular weight is 368 g/mol. The van der Waals surface area contributed by atoms with E-state index in [0.29, 0.717) is 12.4 Å². The maximum Gasteiger partial charge on any atom is 0.250 e. The van der Waals surface area contributed by atoms with Gasteiger partial charge in [-0.15, -0.1) is 0 Å². The molecular weight excluding hydrogens is 347 g/mol. The molecule has 2 aromatic carbocycles. The second-order valence-electron chi connectivity index (χ2n) is 6.36. The SMILES string of the molecule is Fc1cccc(OCCN2CCN(c3nnnn3-c3ccccc3)CC2)c1. The van der Waals surface area contributed by atoms with Gasteiger partial charge in [0.05, 0.1) is 5.69 Å². The Labute approximate surface area is 157 Å². The van der Waals surface area contributed by atoms with Crippen LogP contribution in [-0.4, -0.2) is 64.4 Å². The number of tetrazole rings is 1. The predicted molar refractivity (Wildman–Crippen MR) is 99.7 cm³/mol. The zero-order valence-corrected chi connectivity index (χ0v) is 14.9. The van der Waals surface area contributed by atoms with Crippen molar-refractivity contribution in [3.8, 4) is 11.4 Å². The summed E-state index contributed by atoms with van der Waals surface area (Å²) in [5.41, 5.74) is 0.948. The van der Waals surface area contributed by atoms with E-state index in [1.165, 1.54) is 12.1 Å². The molecule has 0 spiro atoms. The van der Waals surface area contributed by atoms with Gasteiger partial charge < -0.3 is 9.64 Å². The Morgan fingerprint density at radius 2 is 1.78 bits per heavy atom. The Bertz CT molecular complexity index is 863. The summed E-state index contributed by atoms with van der Waals surface area (Å²) >= 11 is 0. The van der Waals surface area contributed by atoms with Crippen molar-refractivity contribution in [2.24, 2.45) is 0 Å². The van der Waals surface area contributed by atoms with Crippen molar-refractivity contribution in [1.29, 1.82) is 0 Å². The molecule has 1 aliphatic heterocycles. The van der Waals surface area contributed by atoms with Crippen LogP contribution in [0.3, 0.4) is 0 Å². The smallest absolute Gasteiger partial charge is 0.250 e. The highest BCUT2D eigenvalue weighted by Crippen LogP contribution is 2.17. The minimum atomic E-state index is -0.280. The maximum atomic E-state index is 13.2. The number of anilines is 1. The lowest BCUT2D eigenvalue weighted by molar-refractivity contribution is 0.199. The number of piperazine rings is 1. The van der Waals surface area contributed by atoms with E-state index in [9.17, 15) is 4.39 Å². The van der Waals surface area contributed by atoms with E-state index in [0.717, 1.165) is 44.4 Å². The molecule has 0 amide bonds. The predicted octanol–water partition coefficient (Wildman–Crippen LogP) is 2.00. The lowest BCUT2D eigenvalue weighted by Gasteiger charge is -2.34. The molecule has 3 aromatic rings. The molecule has 2 heterocycles. The van der Waals surface area contributed by atoms with Crippen LogP contribution in [0.25, 0.3) is 5.69 Å². The molecule has 0 saturated carbocycles. The van der Waals surface area contributed by atoms with Crippen LogP contribution >= 0.6 is 0 Å². The van der Waals surface area contributed by atoms with Crippen LogP contribution in [0, 0.1) is 5.82 Å². The monoisotopic (exact) mass is 368 g/mol. The molecular formula is C19H21FN6O. The first kappa shape index (κ1) is 17.4. The highest BCUT2D eigenvalue weighted by molar-refractivity contribution is 5.40. The summed E-state index contributed by atoms with van der Waals surface area (Å²) in [4.78, 5) is 4.52. The number of rotatable bonds is 6. The minimum Gasteiger partial charge on any atom is -0.492 e. The van der Waals surface area contributed by atoms with Crippen LogP contribution in [0.2, 0.25) is 0 Å². The normalized spacial score (nSPS) is 15.1. The third-order valence-corrected chi connectivity index (χ3v) is 4.58. The van der Waals surface area contributed by atoms with Crippen molar-refractivity contribution in [1.82, 2.24) is 25.1 Å². The second kappa shape index (κ2) is 8.13. The van der Waals surface area contributed by atoms with Gasteiger partial charge in [0.1, 0.15) is 18.2 Å². The Morgan fingerprint density at radius 1 is 0.963 bits per heavy atom. The van der Waals surface area contributed by atoms with Gasteiger partial charge in [0, 0.05) is 38.8 Å². The molecule has 0 bridgehead atoms. The van der Waals surface area contributed by atoms with E-state index in [1.807, 2.05) is 30.3 Å². The molecule has 1 saturated heterocycles. The summed E-state index contributed by atoms with van der Waals surface area (Å²) in [5, 5.41) is 12.2. The number of ether oxygens (including phenoxy) is 1. The Balaban J connectivity index is 1.29. The number of nitrogens with zero attached hydrogens (tertiary/aromatic N) is 6. The van der Waals surface area contributed by atoms with Gasteiger partial charge in [-0.25, -0.2) is 4.39 Å². The standard InChI is InChI=1S/C19H21FN6O/c20-16-5-4-8-18(15-16)27-14-13-24-9-11-25(12-10-24)19-21-22-23-26(19)17-6-2-1-3-7-17/h1-8,15H,9-14H2. The molecule has 0 unspecified atom stereocenters. The molecule has 7 nitrogen and oxygen atoms in total. The maximum absolute atomic E-state index is 13.2. The number of hydrogen-bond acceptors (Lipinski definition) is 6. The van der Waals surface area contributed by atoms with Gasteiger partial charge in [-0.05, 0) is 34.7 Å². The van der Waals surface area contributed by atoms with E-state index in [1.54, 1.807) is 16.8 Å². The van der Waals surface area contributed by atoms with Crippen LogP contribution in [0.4, 0.5) is 10.3 Å². The molecule has 1 aliphatic rings. The zero-order valence-electron chi connectivity index (χ0n) is 14.9. The van der Waals surface area contributed by atoms with Gasteiger partial charge in [0.25, 0.3) is 0 Å². The summed E-state index contributed by atoms with van der Waals surface area (Å²) in [6.07, 6.45) is 0. The zero-order chi connectivity index (χ0) is 18.5. The first-order valence-corrected chi connectivity index (χ1v) is 8.99. The van der Waals surface area contributed by atoms with Gasteiger partial charge in [0.2, 0.25) is 5.95 Å². The van der Waals surface area contributed by atoms with Crippen molar-refractivity contribution in [2.75, 3.05) is 44.2 Å². The largest absolute Gasteiger partial charge is 0.492 e. The Hall–Kier alpha value is -3.00. The number of hydrogen-bond donors (Lipinski definition) is 0. The number of halogens is 1. The molecule has 0 radical (unpaired) electrons. The molecule has 0 N–H and O–H groups in total. The Morgan fingerprint density at radius 3 is 2.56 bits per heavy atom. The molecule has 0 atom stereocenters. The van der Waals surface area contributed by atoms with Crippen LogP contribution < -0.4 is 9.64 Å². The van der Waals surface area contributed by atoms with Crippen LogP contribution in [-0.2, 0) is 0 Å². The average Bonchev–Trinajstić information content (AvgIpc) is 3.19. The third-order valence-electron chi connectivity index (χ3n) is 4.58. The molecule has 8 heteroatoms.